The largest absolute Gasteiger partial charge is 0.370 e. The summed E-state index contributed by atoms with van der Waals surface area (Å²) in [5.74, 6) is -0.697. The lowest BCUT2D eigenvalue weighted by Crippen LogP contribution is -2.12. The minimum absolute atomic E-state index is 0.222. The molecule has 3 rings (SSSR count). The molecule has 116 valence electrons. The van der Waals surface area contributed by atoms with Crippen LogP contribution in [0.5, 0.6) is 0 Å². The van der Waals surface area contributed by atoms with E-state index in [1.165, 1.54) is 12.1 Å². The topological polar surface area (TPSA) is 76.1 Å². The minimum atomic E-state index is -0.381. The first-order chi connectivity index (χ1) is 11.1. The molecular formula is C18H15FN2O2. The first-order valence-corrected chi connectivity index (χ1v) is 7.31. The Bertz CT molecular complexity index is 781. The Labute approximate surface area is 133 Å². The van der Waals surface area contributed by atoms with Gasteiger partial charge in [-0.1, -0.05) is 18.2 Å². The molecule has 1 aliphatic heterocycles. The van der Waals surface area contributed by atoms with E-state index >= 15 is 0 Å². The second kappa shape index (κ2) is 6.19. The van der Waals surface area contributed by atoms with Crippen LogP contribution >= 0.6 is 0 Å². The standard InChI is InChI=1S/C18H15FN2O2/c19-13-4-2-12(3-5-13)18-15-9-11(10-20)1-6-14(15)16(23-18)7-8-17(21)22/h1-6,9,16,18H,7-8H2,(H2,21,22). The smallest absolute Gasteiger partial charge is 0.217 e. The fourth-order valence-corrected chi connectivity index (χ4v) is 2.87. The van der Waals surface area contributed by atoms with Gasteiger partial charge in [0.1, 0.15) is 11.9 Å². The zero-order valence-electron chi connectivity index (χ0n) is 12.3. The number of fused-ring (bicyclic) bond motifs is 1. The van der Waals surface area contributed by atoms with Crippen molar-refractivity contribution < 1.29 is 13.9 Å². The van der Waals surface area contributed by atoms with Gasteiger partial charge in [-0.25, -0.2) is 4.39 Å². The molecule has 0 saturated heterocycles. The third kappa shape index (κ3) is 3.08. The molecule has 2 aromatic carbocycles. The number of hydrogen-bond acceptors (Lipinski definition) is 3. The summed E-state index contributed by atoms with van der Waals surface area (Å²) in [7, 11) is 0. The van der Waals surface area contributed by atoms with Crippen LogP contribution in [0.2, 0.25) is 0 Å². The van der Waals surface area contributed by atoms with Crippen molar-refractivity contribution in [3.63, 3.8) is 0 Å². The summed E-state index contributed by atoms with van der Waals surface area (Å²) in [5, 5.41) is 9.10. The second-order valence-electron chi connectivity index (χ2n) is 5.52. The number of primary amides is 1. The summed E-state index contributed by atoms with van der Waals surface area (Å²) in [6.07, 6.45) is 0.0590. The third-order valence-electron chi connectivity index (χ3n) is 3.97. The number of rotatable bonds is 4. The highest BCUT2D eigenvalue weighted by atomic mass is 19.1. The van der Waals surface area contributed by atoms with E-state index in [2.05, 4.69) is 6.07 Å². The molecule has 1 amide bonds. The Balaban J connectivity index is 1.98. The maximum absolute atomic E-state index is 13.1. The highest BCUT2D eigenvalue weighted by molar-refractivity contribution is 5.73. The molecule has 2 atom stereocenters. The minimum Gasteiger partial charge on any atom is -0.370 e. The number of halogens is 1. The Hall–Kier alpha value is -2.71. The first-order valence-electron chi connectivity index (χ1n) is 7.31. The van der Waals surface area contributed by atoms with Gasteiger partial charge in [0, 0.05) is 6.42 Å². The van der Waals surface area contributed by atoms with Crippen LogP contribution < -0.4 is 5.73 Å². The van der Waals surface area contributed by atoms with Crippen molar-refractivity contribution in [1.29, 1.82) is 5.26 Å². The van der Waals surface area contributed by atoms with Gasteiger partial charge >= 0.3 is 0 Å². The van der Waals surface area contributed by atoms with Gasteiger partial charge < -0.3 is 10.5 Å². The third-order valence-corrected chi connectivity index (χ3v) is 3.97. The molecule has 5 heteroatoms. The molecule has 2 aromatic rings. The van der Waals surface area contributed by atoms with Crippen molar-refractivity contribution in [3.8, 4) is 6.07 Å². The number of carbonyl (C=O) groups is 1. The number of amides is 1. The number of nitrogens with two attached hydrogens (primary N) is 1. The van der Waals surface area contributed by atoms with Crippen LogP contribution in [0.4, 0.5) is 4.39 Å². The first kappa shape index (κ1) is 15.2. The van der Waals surface area contributed by atoms with E-state index < -0.39 is 0 Å². The summed E-state index contributed by atoms with van der Waals surface area (Å²) in [6, 6.07) is 13.6. The van der Waals surface area contributed by atoms with E-state index in [-0.39, 0.29) is 30.4 Å². The summed E-state index contributed by atoms with van der Waals surface area (Å²) in [4.78, 5) is 11.0. The average Bonchev–Trinajstić information content (AvgIpc) is 2.91. The molecule has 0 bridgehead atoms. The average molecular weight is 310 g/mol. The summed E-state index contributed by atoms with van der Waals surface area (Å²) in [5.41, 5.74) is 8.39. The lowest BCUT2D eigenvalue weighted by molar-refractivity contribution is -0.118. The molecule has 1 aliphatic rings. The van der Waals surface area contributed by atoms with Crippen molar-refractivity contribution in [2.75, 3.05) is 0 Å². The molecule has 0 aliphatic carbocycles. The quantitative estimate of drug-likeness (QED) is 0.942. The highest BCUT2D eigenvalue weighted by Gasteiger charge is 2.33. The van der Waals surface area contributed by atoms with E-state index in [1.807, 2.05) is 6.07 Å². The highest BCUT2D eigenvalue weighted by Crippen LogP contribution is 2.44. The Morgan fingerprint density at radius 2 is 1.96 bits per heavy atom. The van der Waals surface area contributed by atoms with E-state index in [4.69, 9.17) is 15.7 Å². The van der Waals surface area contributed by atoms with Gasteiger partial charge in [0.25, 0.3) is 0 Å². The summed E-state index contributed by atoms with van der Waals surface area (Å²) >= 11 is 0. The zero-order valence-corrected chi connectivity index (χ0v) is 12.3. The van der Waals surface area contributed by atoms with Gasteiger partial charge in [-0.15, -0.1) is 0 Å². The summed E-state index contributed by atoms with van der Waals surface area (Å²) < 4.78 is 19.2. The van der Waals surface area contributed by atoms with Crippen LogP contribution in [0.15, 0.2) is 42.5 Å². The molecule has 2 N–H and O–H groups in total. The van der Waals surface area contributed by atoms with E-state index in [1.54, 1.807) is 24.3 Å². The van der Waals surface area contributed by atoms with Gasteiger partial charge in [-0.2, -0.15) is 5.26 Å². The predicted octanol–water partition coefficient (Wildman–Crippen LogP) is 3.12. The van der Waals surface area contributed by atoms with Crippen molar-refractivity contribution in [2.24, 2.45) is 5.73 Å². The maximum Gasteiger partial charge on any atom is 0.217 e. The number of nitrogens with zero attached hydrogens (tertiary/aromatic N) is 1. The Morgan fingerprint density at radius 3 is 2.61 bits per heavy atom. The predicted molar refractivity (Wildman–Crippen MR) is 81.7 cm³/mol. The number of carbonyl (C=O) groups excluding carboxylic acids is 1. The van der Waals surface area contributed by atoms with E-state index in [9.17, 15) is 9.18 Å². The molecule has 0 spiro atoms. The van der Waals surface area contributed by atoms with Crippen LogP contribution in [0.1, 0.15) is 47.3 Å². The monoisotopic (exact) mass is 310 g/mol. The number of benzene rings is 2. The van der Waals surface area contributed by atoms with Crippen molar-refractivity contribution >= 4 is 5.91 Å². The molecule has 4 nitrogen and oxygen atoms in total. The molecule has 2 unspecified atom stereocenters. The van der Waals surface area contributed by atoms with Crippen molar-refractivity contribution in [1.82, 2.24) is 0 Å². The van der Waals surface area contributed by atoms with Crippen LogP contribution in [0.3, 0.4) is 0 Å². The van der Waals surface area contributed by atoms with E-state index in [0.29, 0.717) is 12.0 Å². The van der Waals surface area contributed by atoms with Crippen LogP contribution in [0.25, 0.3) is 0 Å². The van der Waals surface area contributed by atoms with Gasteiger partial charge in [0.15, 0.2) is 0 Å². The van der Waals surface area contributed by atoms with Crippen LogP contribution in [0, 0.1) is 17.1 Å². The fourth-order valence-electron chi connectivity index (χ4n) is 2.87. The Morgan fingerprint density at radius 1 is 1.22 bits per heavy atom. The van der Waals surface area contributed by atoms with Crippen molar-refractivity contribution in [3.05, 3.63) is 70.5 Å². The molecule has 0 saturated carbocycles. The van der Waals surface area contributed by atoms with E-state index in [0.717, 1.165) is 16.7 Å². The molecule has 0 aromatic heterocycles. The van der Waals surface area contributed by atoms with Crippen LogP contribution in [-0.4, -0.2) is 5.91 Å². The fraction of sp³-hybridized carbons (Fsp3) is 0.222. The molecule has 0 fully saturated rings. The SMILES string of the molecule is N#Cc1ccc2c(c1)C(c1ccc(F)cc1)OC2CCC(N)=O. The summed E-state index contributed by atoms with van der Waals surface area (Å²) in [6.45, 7) is 0. The number of ether oxygens (including phenoxy) is 1. The van der Waals surface area contributed by atoms with Crippen LogP contribution in [-0.2, 0) is 9.53 Å². The van der Waals surface area contributed by atoms with Crippen molar-refractivity contribution in [2.45, 2.75) is 25.0 Å². The molecule has 1 heterocycles. The van der Waals surface area contributed by atoms with Gasteiger partial charge in [-0.05, 0) is 47.4 Å². The molecular weight excluding hydrogens is 295 g/mol. The maximum atomic E-state index is 13.1. The number of hydrogen-bond donors (Lipinski definition) is 1. The lowest BCUT2D eigenvalue weighted by Gasteiger charge is -2.14. The Kier molecular flexibility index (Phi) is 4.09. The molecule has 23 heavy (non-hydrogen) atoms. The van der Waals surface area contributed by atoms with Gasteiger partial charge in [-0.3, -0.25) is 4.79 Å². The normalized spacial score (nSPS) is 19.1. The van der Waals surface area contributed by atoms with Gasteiger partial charge in [0.2, 0.25) is 5.91 Å². The van der Waals surface area contributed by atoms with Gasteiger partial charge in [0.05, 0.1) is 17.7 Å². The molecule has 0 radical (unpaired) electrons. The second-order valence-corrected chi connectivity index (χ2v) is 5.52. The number of nitriles is 1. The zero-order chi connectivity index (χ0) is 16.4. The lowest BCUT2D eigenvalue weighted by atomic mass is 9.94.